The summed E-state index contributed by atoms with van der Waals surface area (Å²) in [7, 11) is -3.94. The maximum absolute atomic E-state index is 14.8. The molecule has 0 radical (unpaired) electrons. The van der Waals surface area contributed by atoms with Crippen LogP contribution < -0.4 is 20.1 Å². The quantitative estimate of drug-likeness (QED) is 0.222. The van der Waals surface area contributed by atoms with Crippen molar-refractivity contribution < 1.29 is 50.6 Å². The van der Waals surface area contributed by atoms with Gasteiger partial charge in [0.05, 0.1) is 30.5 Å². The second-order valence-electron chi connectivity index (χ2n) is 16.0. The van der Waals surface area contributed by atoms with Crippen LogP contribution in [0.3, 0.4) is 0 Å². The molecule has 1 unspecified atom stereocenters. The molecule has 58 heavy (non-hydrogen) atoms. The third-order valence-corrected chi connectivity index (χ3v) is 13.6. The Morgan fingerprint density at radius 1 is 1.02 bits per heavy atom. The van der Waals surface area contributed by atoms with E-state index in [1.165, 1.54) is 23.1 Å². The minimum Gasteiger partial charge on any atom is -0.484 e. The van der Waals surface area contributed by atoms with Crippen molar-refractivity contribution >= 4 is 66.8 Å². The first-order valence-corrected chi connectivity index (χ1v) is 21.5. The number of nitrogens with one attached hydrogen (secondary N) is 3. The van der Waals surface area contributed by atoms with Crippen LogP contribution in [0.4, 0.5) is 9.18 Å². The lowest BCUT2D eigenvalue weighted by Crippen LogP contribution is -2.58. The number of fused-ring (bicyclic) bond motifs is 6. The maximum atomic E-state index is 14.8. The summed E-state index contributed by atoms with van der Waals surface area (Å²) >= 11 is 0. The molecule has 0 bridgehead atoms. The van der Waals surface area contributed by atoms with Crippen molar-refractivity contribution in [3.05, 3.63) is 60.4 Å². The lowest BCUT2D eigenvalue weighted by Gasteiger charge is -2.30. The van der Waals surface area contributed by atoms with Crippen LogP contribution in [0.1, 0.15) is 64.2 Å². The highest BCUT2D eigenvalue weighted by Crippen LogP contribution is 2.46. The fraction of sp³-hybridized carbons (Fsp3) is 0.488. The predicted molar refractivity (Wildman–Crippen MR) is 207 cm³/mol. The topological polar surface area (TPSA) is 195 Å². The molecule has 3 N–H and O–H groups in total. The van der Waals surface area contributed by atoms with Crippen molar-refractivity contribution in [3.63, 3.8) is 0 Å². The maximum Gasteiger partial charge on any atom is 0.408 e. The average molecular weight is 818 g/mol. The normalized spacial score (nSPS) is 28.6. The van der Waals surface area contributed by atoms with Gasteiger partial charge in [0.1, 0.15) is 46.7 Å². The summed E-state index contributed by atoms with van der Waals surface area (Å²) in [5, 5.41) is 5.99. The van der Waals surface area contributed by atoms with E-state index in [1.54, 1.807) is 6.07 Å². The molecule has 5 aliphatic rings. The zero-order valence-corrected chi connectivity index (χ0v) is 32.4. The van der Waals surface area contributed by atoms with Crippen LogP contribution in [0.5, 0.6) is 5.75 Å². The number of rotatable bonds is 7. The van der Waals surface area contributed by atoms with Crippen LogP contribution in [-0.2, 0) is 33.9 Å². The van der Waals surface area contributed by atoms with E-state index >= 15 is 0 Å². The van der Waals surface area contributed by atoms with Gasteiger partial charge in [-0.15, -0.1) is 0 Å². The number of amides is 4. The third kappa shape index (κ3) is 7.45. The van der Waals surface area contributed by atoms with Crippen molar-refractivity contribution in [1.82, 2.24) is 25.2 Å². The first kappa shape index (κ1) is 38.2. The highest BCUT2D eigenvalue weighted by molar-refractivity contribution is 7.91. The first-order chi connectivity index (χ1) is 28.0. The molecule has 5 heterocycles. The van der Waals surface area contributed by atoms with Gasteiger partial charge in [-0.3, -0.25) is 19.1 Å². The number of para-hydroxylation sites is 1. The van der Waals surface area contributed by atoms with Crippen molar-refractivity contribution in [1.29, 1.82) is 0 Å². The molecule has 3 aliphatic heterocycles. The molecule has 306 valence electrons. The molecule has 0 spiro atoms. The molecule has 15 nitrogen and oxygen atoms in total. The van der Waals surface area contributed by atoms with Gasteiger partial charge in [0.25, 0.3) is 5.91 Å². The Labute approximate surface area is 333 Å². The largest absolute Gasteiger partial charge is 0.484 e. The zero-order valence-electron chi connectivity index (χ0n) is 31.6. The molecular formula is C41H44FN5O10S. The van der Waals surface area contributed by atoms with Gasteiger partial charge in [-0.2, -0.15) is 0 Å². The molecule has 4 aromatic rings. The van der Waals surface area contributed by atoms with Gasteiger partial charge >= 0.3 is 6.09 Å². The fourth-order valence-electron chi connectivity index (χ4n) is 8.39. The summed E-state index contributed by atoms with van der Waals surface area (Å²) in [6.07, 6.45) is 6.18. The van der Waals surface area contributed by atoms with Gasteiger partial charge in [-0.25, -0.2) is 22.6 Å². The number of nitrogens with zero attached hydrogens (tertiary/aromatic N) is 2. The van der Waals surface area contributed by atoms with Gasteiger partial charge in [-0.1, -0.05) is 37.1 Å². The Morgan fingerprint density at radius 2 is 1.86 bits per heavy atom. The molecule has 2 aliphatic carbocycles. The van der Waals surface area contributed by atoms with Crippen LogP contribution in [0.15, 0.2) is 59.0 Å². The van der Waals surface area contributed by atoms with Crippen molar-refractivity contribution in [2.24, 2.45) is 5.92 Å². The Morgan fingerprint density at radius 3 is 2.67 bits per heavy atom. The number of furan rings is 1. The molecule has 9 rings (SSSR count). The molecule has 2 saturated carbocycles. The fourth-order valence-corrected chi connectivity index (χ4v) is 9.76. The van der Waals surface area contributed by atoms with Crippen LogP contribution in [0, 0.1) is 11.7 Å². The van der Waals surface area contributed by atoms with E-state index in [1.807, 2.05) is 30.4 Å². The number of carbonyl (C=O) groups excluding carboxylic acids is 4. The number of sulfonamides is 1. The lowest BCUT2D eigenvalue weighted by atomic mass is 10.0. The molecule has 2 saturated heterocycles. The molecule has 4 fully saturated rings. The SMILES string of the molecule is O=C(N[C@H]1CCCCC/C=C\[C@H]2C[C@@]2(C(=O)NS(=O)(=O)C2CC2)NC(=O)[C@@H]2C[C@@H](Oc3c4cc(F)ccc4nc4c3oc3ccccc34)CN2C1=O)OC1CCOC1. The predicted octanol–water partition coefficient (Wildman–Crippen LogP) is 4.51. The van der Waals surface area contributed by atoms with Crippen molar-refractivity contribution in [3.8, 4) is 5.75 Å². The van der Waals surface area contributed by atoms with Gasteiger partial charge in [-0.05, 0) is 68.9 Å². The standard InChI is InChI=1S/C41H44FN5O10S/c42-24-12-15-30-29(18-24)35(36-34(43-30)28-9-6-7-11-33(28)57-36)55-26-19-32-37(48)45-41(39(50)46-58(52,53)27-13-14-27)20-23(41)8-4-2-1-3-5-10-31(38(49)47(32)21-26)44-40(51)56-25-16-17-54-22-25/h4,6-9,11-12,15,18,23,25-27,31-32H,1-3,5,10,13-14,16-17,19-22H2,(H,44,51)(H,45,48)(H,46,50)/b8-4-/t23-,25?,26+,31-,32-,41+/m0/s1. The van der Waals surface area contributed by atoms with Crippen molar-refractivity contribution in [2.45, 2.75) is 99.3 Å². The molecular weight excluding hydrogens is 774 g/mol. The first-order valence-electron chi connectivity index (χ1n) is 20.0. The lowest BCUT2D eigenvalue weighted by molar-refractivity contribution is -0.141. The number of allylic oxidation sites excluding steroid dienone is 1. The number of ether oxygens (including phenoxy) is 3. The van der Waals surface area contributed by atoms with E-state index in [0.29, 0.717) is 66.1 Å². The minimum absolute atomic E-state index is 0.0619. The van der Waals surface area contributed by atoms with Crippen LogP contribution in [0.2, 0.25) is 0 Å². The van der Waals surface area contributed by atoms with Crippen molar-refractivity contribution in [2.75, 3.05) is 19.8 Å². The highest BCUT2D eigenvalue weighted by Gasteiger charge is 2.62. The third-order valence-electron chi connectivity index (χ3n) is 11.8. The van der Waals surface area contributed by atoms with E-state index in [4.69, 9.17) is 23.6 Å². The van der Waals surface area contributed by atoms with E-state index < -0.39 is 80.7 Å². The number of hydrogen-bond acceptors (Lipinski definition) is 11. The smallest absolute Gasteiger partial charge is 0.408 e. The monoisotopic (exact) mass is 817 g/mol. The van der Waals surface area contributed by atoms with Crippen LogP contribution >= 0.6 is 0 Å². The van der Waals surface area contributed by atoms with Gasteiger partial charge in [0.2, 0.25) is 21.8 Å². The summed E-state index contributed by atoms with van der Waals surface area (Å²) in [5.41, 5.74) is 0.161. The van der Waals surface area contributed by atoms with Gasteiger partial charge < -0.3 is 34.2 Å². The van der Waals surface area contributed by atoms with Gasteiger partial charge in [0.15, 0.2) is 11.3 Å². The Hall–Kier alpha value is -5.29. The number of benzene rings is 2. The minimum atomic E-state index is -3.94. The molecule has 2 aromatic heterocycles. The van der Waals surface area contributed by atoms with Crippen LogP contribution in [0.25, 0.3) is 33.0 Å². The number of pyridine rings is 1. The number of carbonyl (C=O) groups is 4. The summed E-state index contributed by atoms with van der Waals surface area (Å²) in [4.78, 5) is 62.3. The van der Waals surface area contributed by atoms with E-state index in [9.17, 15) is 32.0 Å². The summed E-state index contributed by atoms with van der Waals surface area (Å²) in [6, 6.07) is 9.12. The highest BCUT2D eigenvalue weighted by atomic mass is 32.2. The average Bonchev–Trinajstić information content (AvgIpc) is 4.01. The van der Waals surface area contributed by atoms with Crippen LogP contribution in [-0.4, -0.2) is 97.0 Å². The Bertz CT molecular complexity index is 2450. The number of hydrogen-bond donors (Lipinski definition) is 3. The van der Waals surface area contributed by atoms with Gasteiger partial charge in [0, 0.05) is 29.5 Å². The second kappa shape index (κ2) is 15.1. The molecule has 2 aromatic carbocycles. The van der Waals surface area contributed by atoms with E-state index in [0.717, 1.165) is 12.8 Å². The summed E-state index contributed by atoms with van der Waals surface area (Å²) < 4.78 is 66.6. The van der Waals surface area contributed by atoms with E-state index in [-0.39, 0.29) is 43.7 Å². The number of halogens is 1. The Kier molecular flexibility index (Phi) is 9.98. The second-order valence-corrected chi connectivity index (χ2v) is 17.9. The summed E-state index contributed by atoms with van der Waals surface area (Å²) in [5.74, 6) is -2.90. The molecule has 6 atom stereocenters. The zero-order chi connectivity index (χ0) is 40.2. The number of alkyl carbamates (subject to hydrolysis) is 1. The summed E-state index contributed by atoms with van der Waals surface area (Å²) in [6.45, 7) is 0.574. The Balaban J connectivity index is 1.06. The number of aromatic nitrogens is 1. The van der Waals surface area contributed by atoms with E-state index in [2.05, 4.69) is 15.4 Å². The molecule has 4 amide bonds. The molecule has 17 heteroatoms.